The summed E-state index contributed by atoms with van der Waals surface area (Å²) in [6, 6.07) is 37.6. The van der Waals surface area contributed by atoms with Crippen molar-refractivity contribution in [1.29, 1.82) is 0 Å². The molecule has 1 fully saturated rings. The molecule has 4 heteroatoms. The average molecular weight is 454 g/mol. The summed E-state index contributed by atoms with van der Waals surface area (Å²) in [6.45, 7) is 3.98. The van der Waals surface area contributed by atoms with Crippen molar-refractivity contribution in [1.82, 2.24) is 4.31 Å². The van der Waals surface area contributed by atoms with Crippen molar-refractivity contribution in [2.75, 3.05) is 0 Å². The standard InChI is InChI=1S/C29H27NO2S/c1-22-18-20-27(21-19-22)33(31,32)30-23(2)28(30)29(24-12-6-3-7-13-24,25-14-8-4-9-15-25)26-16-10-5-11-17-26/h3-21,23,28H,1-2H3/t23-,28+,30?/m1/s1. The van der Waals surface area contributed by atoms with Crippen LogP contribution in [0.3, 0.4) is 0 Å². The van der Waals surface area contributed by atoms with E-state index in [1.165, 1.54) is 0 Å². The molecule has 3 atom stereocenters. The Bertz CT molecular complexity index is 1240. The predicted molar refractivity (Wildman–Crippen MR) is 133 cm³/mol. The summed E-state index contributed by atoms with van der Waals surface area (Å²) in [5.41, 5.74) is 3.65. The Balaban J connectivity index is 1.75. The molecule has 0 N–H and O–H groups in total. The number of nitrogens with zero attached hydrogens (tertiary/aromatic N) is 1. The minimum absolute atomic E-state index is 0.156. The van der Waals surface area contributed by atoms with Crippen molar-refractivity contribution in [3.63, 3.8) is 0 Å². The fourth-order valence-electron chi connectivity index (χ4n) is 5.19. The van der Waals surface area contributed by atoms with E-state index in [0.717, 1.165) is 22.3 Å². The van der Waals surface area contributed by atoms with Crippen LogP contribution in [0.15, 0.2) is 120 Å². The SMILES string of the molecule is Cc1ccc(S(=O)(=O)N2[C@H](C)[C@H]2C(c2ccccc2)(c2ccccc2)c2ccccc2)cc1. The molecule has 1 heterocycles. The van der Waals surface area contributed by atoms with Gasteiger partial charge in [0.05, 0.1) is 16.4 Å². The van der Waals surface area contributed by atoms with Gasteiger partial charge in [-0.05, 0) is 42.7 Å². The summed E-state index contributed by atoms with van der Waals surface area (Å²) in [6.07, 6.45) is 0. The van der Waals surface area contributed by atoms with Crippen molar-refractivity contribution >= 4 is 10.0 Å². The first-order chi connectivity index (χ1) is 16.0. The smallest absolute Gasteiger partial charge is 0.207 e. The van der Waals surface area contributed by atoms with Crippen LogP contribution in [0.25, 0.3) is 0 Å². The zero-order valence-electron chi connectivity index (χ0n) is 18.8. The maximum atomic E-state index is 13.8. The van der Waals surface area contributed by atoms with Crippen LogP contribution < -0.4 is 0 Å². The molecule has 33 heavy (non-hydrogen) atoms. The summed E-state index contributed by atoms with van der Waals surface area (Å²) in [7, 11) is -3.65. The zero-order chi connectivity index (χ0) is 23.1. The summed E-state index contributed by atoms with van der Waals surface area (Å²) in [5.74, 6) is 0. The molecule has 1 aliphatic heterocycles. The molecule has 4 aromatic rings. The van der Waals surface area contributed by atoms with Gasteiger partial charge in [-0.1, -0.05) is 109 Å². The fourth-order valence-corrected chi connectivity index (χ4v) is 7.05. The van der Waals surface area contributed by atoms with Gasteiger partial charge in [-0.15, -0.1) is 0 Å². The molecule has 0 amide bonds. The van der Waals surface area contributed by atoms with E-state index in [2.05, 4.69) is 36.4 Å². The van der Waals surface area contributed by atoms with E-state index < -0.39 is 15.4 Å². The lowest BCUT2D eigenvalue weighted by Gasteiger charge is -2.36. The maximum absolute atomic E-state index is 13.8. The van der Waals surface area contributed by atoms with E-state index in [-0.39, 0.29) is 12.1 Å². The number of hydrogen-bond donors (Lipinski definition) is 0. The Kier molecular flexibility index (Phi) is 5.43. The maximum Gasteiger partial charge on any atom is 0.243 e. The van der Waals surface area contributed by atoms with Gasteiger partial charge in [0.1, 0.15) is 0 Å². The van der Waals surface area contributed by atoms with Gasteiger partial charge < -0.3 is 0 Å². The van der Waals surface area contributed by atoms with E-state index in [1.807, 2.05) is 80.6 Å². The van der Waals surface area contributed by atoms with Gasteiger partial charge in [-0.2, -0.15) is 4.31 Å². The molecule has 4 aromatic carbocycles. The molecule has 5 rings (SSSR count). The van der Waals surface area contributed by atoms with Crippen LogP contribution >= 0.6 is 0 Å². The van der Waals surface area contributed by atoms with Crippen LogP contribution in [0.4, 0.5) is 0 Å². The van der Waals surface area contributed by atoms with Crippen LogP contribution in [0.1, 0.15) is 29.2 Å². The van der Waals surface area contributed by atoms with Crippen molar-refractivity contribution in [3.8, 4) is 0 Å². The van der Waals surface area contributed by atoms with Gasteiger partial charge >= 0.3 is 0 Å². The molecule has 1 aliphatic rings. The number of rotatable bonds is 6. The Morgan fingerprint density at radius 3 is 1.42 bits per heavy atom. The first-order valence-corrected chi connectivity index (χ1v) is 12.7. The first-order valence-electron chi connectivity index (χ1n) is 11.2. The third-order valence-electron chi connectivity index (χ3n) is 6.77. The average Bonchev–Trinajstić information content (AvgIpc) is 3.54. The van der Waals surface area contributed by atoms with E-state index >= 15 is 0 Å². The highest BCUT2D eigenvalue weighted by Gasteiger charge is 2.64. The minimum Gasteiger partial charge on any atom is -0.207 e. The quantitative estimate of drug-likeness (QED) is 0.274. The van der Waals surface area contributed by atoms with E-state index in [9.17, 15) is 8.42 Å². The lowest BCUT2D eigenvalue weighted by Crippen LogP contribution is -2.38. The third kappa shape index (κ3) is 3.50. The molecule has 3 nitrogen and oxygen atoms in total. The van der Waals surface area contributed by atoms with E-state index in [4.69, 9.17) is 0 Å². The Hall–Kier alpha value is -3.21. The normalized spacial score (nSPS) is 20.4. The highest BCUT2D eigenvalue weighted by Crippen LogP contribution is 2.54. The Morgan fingerprint density at radius 1 is 0.636 bits per heavy atom. The summed E-state index contributed by atoms with van der Waals surface area (Å²) < 4.78 is 29.3. The van der Waals surface area contributed by atoms with E-state index in [0.29, 0.717) is 4.90 Å². The molecule has 0 aromatic heterocycles. The molecule has 0 saturated carbocycles. The summed E-state index contributed by atoms with van der Waals surface area (Å²) in [4.78, 5) is 0.338. The molecule has 0 spiro atoms. The fraction of sp³-hybridized carbons (Fsp3) is 0.172. The first kappa shape index (κ1) is 21.6. The van der Waals surface area contributed by atoms with Gasteiger partial charge in [0.15, 0.2) is 0 Å². The molecule has 0 radical (unpaired) electrons. The number of benzene rings is 4. The largest absolute Gasteiger partial charge is 0.243 e. The Morgan fingerprint density at radius 2 is 1.03 bits per heavy atom. The van der Waals surface area contributed by atoms with E-state index in [1.54, 1.807) is 16.4 Å². The molecule has 1 unspecified atom stereocenters. The number of sulfonamides is 1. The summed E-state index contributed by atoms with van der Waals surface area (Å²) in [5, 5.41) is 0. The predicted octanol–water partition coefficient (Wildman–Crippen LogP) is 5.79. The van der Waals surface area contributed by atoms with Crippen LogP contribution in [-0.2, 0) is 15.4 Å². The van der Waals surface area contributed by atoms with Crippen molar-refractivity contribution in [2.45, 2.75) is 36.2 Å². The van der Waals surface area contributed by atoms with Gasteiger partial charge in [-0.3, -0.25) is 0 Å². The van der Waals surface area contributed by atoms with Crippen molar-refractivity contribution < 1.29 is 8.42 Å². The highest BCUT2D eigenvalue weighted by atomic mass is 32.2. The van der Waals surface area contributed by atoms with Crippen LogP contribution in [-0.4, -0.2) is 24.8 Å². The lowest BCUT2D eigenvalue weighted by atomic mass is 9.66. The minimum atomic E-state index is -3.65. The molecule has 1 saturated heterocycles. The van der Waals surface area contributed by atoms with Crippen LogP contribution in [0.2, 0.25) is 0 Å². The topological polar surface area (TPSA) is 37.1 Å². The molecule has 0 aliphatic carbocycles. The second-order valence-electron chi connectivity index (χ2n) is 8.74. The van der Waals surface area contributed by atoms with Crippen LogP contribution in [0, 0.1) is 6.92 Å². The number of hydrogen-bond acceptors (Lipinski definition) is 2. The van der Waals surface area contributed by atoms with Gasteiger partial charge in [0, 0.05) is 6.04 Å². The molecular weight excluding hydrogens is 426 g/mol. The van der Waals surface area contributed by atoms with Crippen LogP contribution in [0.5, 0.6) is 0 Å². The number of aryl methyl sites for hydroxylation is 1. The van der Waals surface area contributed by atoms with Crippen molar-refractivity contribution in [3.05, 3.63) is 138 Å². The second kappa shape index (κ2) is 8.29. The third-order valence-corrected chi connectivity index (χ3v) is 8.75. The monoisotopic (exact) mass is 453 g/mol. The lowest BCUT2D eigenvalue weighted by molar-refractivity contribution is 0.507. The second-order valence-corrected chi connectivity index (χ2v) is 10.6. The van der Waals surface area contributed by atoms with Gasteiger partial charge in [0.25, 0.3) is 0 Å². The summed E-state index contributed by atoms with van der Waals surface area (Å²) >= 11 is 0. The molecule has 0 bridgehead atoms. The van der Waals surface area contributed by atoms with Gasteiger partial charge in [0.2, 0.25) is 10.0 Å². The highest BCUT2D eigenvalue weighted by molar-refractivity contribution is 7.89. The molecular formula is C29H27NO2S. The molecule has 166 valence electrons. The zero-order valence-corrected chi connectivity index (χ0v) is 19.6. The Labute approximate surface area is 196 Å². The van der Waals surface area contributed by atoms with Crippen molar-refractivity contribution in [2.24, 2.45) is 0 Å². The van der Waals surface area contributed by atoms with Gasteiger partial charge in [-0.25, -0.2) is 8.42 Å².